The molecule has 2 aliphatic rings. The Hall–Kier alpha value is -1.84. The van der Waals surface area contributed by atoms with Crippen LogP contribution in [-0.2, 0) is 15.0 Å². The fourth-order valence-electron chi connectivity index (χ4n) is 4.83. The standard InChI is InChI=1S/C23H34N2O2/c1-22(2,3)16-21(27)25-12-10-23(11-13-25)15-17(14-20(26)24(4)5)18-8-6-7-9-19(18)23/h6-9,17H,10-16H2,1-5H3. The van der Waals surface area contributed by atoms with Gasteiger partial charge in [0.2, 0.25) is 11.8 Å². The second-order valence-electron chi connectivity index (χ2n) is 9.88. The van der Waals surface area contributed by atoms with Crippen molar-refractivity contribution < 1.29 is 9.59 Å². The van der Waals surface area contributed by atoms with E-state index in [0.717, 1.165) is 32.4 Å². The summed E-state index contributed by atoms with van der Waals surface area (Å²) in [6, 6.07) is 8.66. The Labute approximate surface area is 163 Å². The highest BCUT2D eigenvalue weighted by molar-refractivity contribution is 5.77. The Morgan fingerprint density at radius 1 is 1.15 bits per heavy atom. The van der Waals surface area contributed by atoms with Gasteiger partial charge in [-0.05, 0) is 47.1 Å². The summed E-state index contributed by atoms with van der Waals surface area (Å²) >= 11 is 0. The minimum Gasteiger partial charge on any atom is -0.349 e. The summed E-state index contributed by atoms with van der Waals surface area (Å²) in [6.07, 6.45) is 4.24. The van der Waals surface area contributed by atoms with Crippen LogP contribution in [0.3, 0.4) is 0 Å². The van der Waals surface area contributed by atoms with Gasteiger partial charge in [-0.25, -0.2) is 0 Å². The number of rotatable bonds is 3. The lowest BCUT2D eigenvalue weighted by molar-refractivity contribution is -0.134. The highest BCUT2D eigenvalue weighted by Gasteiger charge is 2.46. The lowest BCUT2D eigenvalue weighted by Crippen LogP contribution is -2.45. The van der Waals surface area contributed by atoms with Crippen LogP contribution in [0.15, 0.2) is 24.3 Å². The first-order valence-corrected chi connectivity index (χ1v) is 10.2. The van der Waals surface area contributed by atoms with Crippen LogP contribution in [0.2, 0.25) is 0 Å². The molecular weight excluding hydrogens is 336 g/mol. The third-order valence-corrected chi connectivity index (χ3v) is 6.28. The Morgan fingerprint density at radius 2 is 1.78 bits per heavy atom. The molecule has 0 N–H and O–H groups in total. The summed E-state index contributed by atoms with van der Waals surface area (Å²) in [6.45, 7) is 8.02. The second kappa shape index (κ2) is 7.29. The van der Waals surface area contributed by atoms with E-state index in [1.54, 1.807) is 4.90 Å². The maximum absolute atomic E-state index is 12.6. The van der Waals surface area contributed by atoms with E-state index >= 15 is 0 Å². The van der Waals surface area contributed by atoms with Crippen LogP contribution in [0.25, 0.3) is 0 Å². The maximum Gasteiger partial charge on any atom is 0.223 e. The lowest BCUT2D eigenvalue weighted by atomic mass is 9.73. The van der Waals surface area contributed by atoms with E-state index in [1.807, 2.05) is 14.1 Å². The number of carbonyl (C=O) groups is 2. The number of fused-ring (bicyclic) bond motifs is 2. The van der Waals surface area contributed by atoms with Crippen molar-refractivity contribution in [2.24, 2.45) is 5.41 Å². The number of piperidine rings is 1. The van der Waals surface area contributed by atoms with E-state index in [9.17, 15) is 9.59 Å². The normalized spacial score (nSPS) is 21.2. The molecule has 1 saturated heterocycles. The number of hydrogen-bond acceptors (Lipinski definition) is 2. The molecule has 1 unspecified atom stereocenters. The van der Waals surface area contributed by atoms with Crippen molar-refractivity contribution in [3.63, 3.8) is 0 Å². The van der Waals surface area contributed by atoms with Crippen LogP contribution in [-0.4, -0.2) is 48.8 Å². The molecule has 1 atom stereocenters. The van der Waals surface area contributed by atoms with Gasteiger partial charge in [0.1, 0.15) is 0 Å². The largest absolute Gasteiger partial charge is 0.349 e. The summed E-state index contributed by atoms with van der Waals surface area (Å²) in [5.41, 5.74) is 2.93. The van der Waals surface area contributed by atoms with Crippen LogP contribution >= 0.6 is 0 Å². The molecule has 4 nitrogen and oxygen atoms in total. The molecule has 1 aliphatic carbocycles. The summed E-state index contributed by atoms with van der Waals surface area (Å²) in [7, 11) is 3.66. The molecule has 1 aliphatic heterocycles. The van der Waals surface area contributed by atoms with E-state index in [0.29, 0.717) is 18.8 Å². The van der Waals surface area contributed by atoms with Gasteiger partial charge >= 0.3 is 0 Å². The molecule has 3 rings (SSSR count). The molecule has 1 spiro atoms. The van der Waals surface area contributed by atoms with Crippen molar-refractivity contribution in [2.45, 2.75) is 64.2 Å². The average molecular weight is 371 g/mol. The minimum absolute atomic E-state index is 0.0316. The van der Waals surface area contributed by atoms with Gasteiger partial charge in [-0.3, -0.25) is 9.59 Å². The topological polar surface area (TPSA) is 40.6 Å². The molecule has 1 aromatic rings. The van der Waals surface area contributed by atoms with Crippen molar-refractivity contribution >= 4 is 11.8 Å². The van der Waals surface area contributed by atoms with Crippen molar-refractivity contribution in [1.29, 1.82) is 0 Å². The molecule has 27 heavy (non-hydrogen) atoms. The number of amides is 2. The predicted molar refractivity (Wildman–Crippen MR) is 109 cm³/mol. The fraction of sp³-hybridized carbons (Fsp3) is 0.652. The molecule has 0 bridgehead atoms. The molecule has 148 valence electrons. The monoisotopic (exact) mass is 370 g/mol. The van der Waals surface area contributed by atoms with Gasteiger partial charge in [0.15, 0.2) is 0 Å². The average Bonchev–Trinajstić information content (AvgIpc) is 2.88. The van der Waals surface area contributed by atoms with Crippen LogP contribution < -0.4 is 0 Å². The zero-order valence-corrected chi connectivity index (χ0v) is 17.5. The van der Waals surface area contributed by atoms with E-state index < -0.39 is 0 Å². The van der Waals surface area contributed by atoms with E-state index in [2.05, 4.69) is 49.9 Å². The van der Waals surface area contributed by atoms with Gasteiger partial charge in [0, 0.05) is 40.0 Å². The van der Waals surface area contributed by atoms with E-state index in [4.69, 9.17) is 0 Å². The van der Waals surface area contributed by atoms with Crippen LogP contribution in [0.5, 0.6) is 0 Å². The third kappa shape index (κ3) is 4.20. The summed E-state index contributed by atoms with van der Waals surface area (Å²) in [4.78, 5) is 28.7. The molecule has 1 heterocycles. The summed E-state index contributed by atoms with van der Waals surface area (Å²) in [5, 5.41) is 0. The number of hydrogen-bond donors (Lipinski definition) is 0. The first-order valence-electron chi connectivity index (χ1n) is 10.2. The van der Waals surface area contributed by atoms with Crippen molar-refractivity contribution in [3.05, 3.63) is 35.4 Å². The van der Waals surface area contributed by atoms with Gasteiger partial charge in [0.05, 0.1) is 0 Å². The number of benzene rings is 1. The highest BCUT2D eigenvalue weighted by Crippen LogP contribution is 2.52. The Bertz CT molecular complexity index is 709. The van der Waals surface area contributed by atoms with E-state index in [1.165, 1.54) is 11.1 Å². The smallest absolute Gasteiger partial charge is 0.223 e. The lowest BCUT2D eigenvalue weighted by Gasteiger charge is -2.41. The quantitative estimate of drug-likeness (QED) is 0.808. The summed E-state index contributed by atoms with van der Waals surface area (Å²) < 4.78 is 0. The van der Waals surface area contributed by atoms with Gasteiger partial charge in [-0.2, -0.15) is 0 Å². The number of nitrogens with zero attached hydrogens (tertiary/aromatic N) is 2. The Kier molecular flexibility index (Phi) is 5.38. The molecule has 1 fully saturated rings. The van der Waals surface area contributed by atoms with E-state index in [-0.39, 0.29) is 22.6 Å². The first-order chi connectivity index (χ1) is 12.6. The highest BCUT2D eigenvalue weighted by atomic mass is 16.2. The van der Waals surface area contributed by atoms with Gasteiger partial charge in [-0.15, -0.1) is 0 Å². The molecular formula is C23H34N2O2. The Balaban J connectivity index is 1.74. The summed E-state index contributed by atoms with van der Waals surface area (Å²) in [5.74, 6) is 0.778. The first kappa shape index (κ1) is 19.9. The molecule has 1 aromatic carbocycles. The molecule has 0 aromatic heterocycles. The minimum atomic E-state index is 0.0316. The fourth-order valence-corrected chi connectivity index (χ4v) is 4.83. The van der Waals surface area contributed by atoms with Crippen LogP contribution in [0.4, 0.5) is 0 Å². The van der Waals surface area contributed by atoms with Crippen molar-refractivity contribution in [1.82, 2.24) is 9.80 Å². The van der Waals surface area contributed by atoms with Crippen molar-refractivity contribution in [3.8, 4) is 0 Å². The maximum atomic E-state index is 12.6. The van der Waals surface area contributed by atoms with Crippen LogP contribution in [0, 0.1) is 5.41 Å². The van der Waals surface area contributed by atoms with Gasteiger partial charge in [-0.1, -0.05) is 45.0 Å². The Morgan fingerprint density at radius 3 is 2.37 bits per heavy atom. The third-order valence-electron chi connectivity index (χ3n) is 6.28. The van der Waals surface area contributed by atoms with Gasteiger partial charge < -0.3 is 9.80 Å². The molecule has 0 radical (unpaired) electrons. The zero-order chi connectivity index (χ0) is 19.8. The molecule has 4 heteroatoms. The predicted octanol–water partition coefficient (Wildman–Crippen LogP) is 3.95. The second-order valence-corrected chi connectivity index (χ2v) is 9.88. The SMILES string of the molecule is CN(C)C(=O)CC1CC2(CCN(C(=O)CC(C)(C)C)CC2)c2ccccc21. The number of likely N-dealkylation sites (tertiary alicyclic amines) is 1. The van der Waals surface area contributed by atoms with Gasteiger partial charge in [0.25, 0.3) is 0 Å². The number of carbonyl (C=O) groups excluding carboxylic acids is 2. The zero-order valence-electron chi connectivity index (χ0n) is 17.5. The van der Waals surface area contributed by atoms with Crippen molar-refractivity contribution in [2.75, 3.05) is 27.2 Å². The molecule has 2 amide bonds. The van der Waals surface area contributed by atoms with Crippen LogP contribution in [0.1, 0.15) is 69.9 Å². The molecule has 0 saturated carbocycles.